The van der Waals surface area contributed by atoms with Gasteiger partial charge < -0.3 is 15.0 Å². The Morgan fingerprint density at radius 1 is 1.17 bits per heavy atom. The van der Waals surface area contributed by atoms with Crippen molar-refractivity contribution in [3.63, 3.8) is 0 Å². The maximum absolute atomic E-state index is 13.0. The van der Waals surface area contributed by atoms with Crippen LogP contribution in [0.4, 0.5) is 0 Å². The predicted octanol–water partition coefficient (Wildman–Crippen LogP) is 5.47. The van der Waals surface area contributed by atoms with Crippen molar-refractivity contribution in [2.24, 2.45) is 0 Å². The van der Waals surface area contributed by atoms with E-state index in [1.165, 1.54) is 4.90 Å². The minimum absolute atomic E-state index is 0.240. The summed E-state index contributed by atoms with van der Waals surface area (Å²) in [6, 6.07) is 11.7. The van der Waals surface area contributed by atoms with Gasteiger partial charge in [-0.3, -0.25) is 9.59 Å². The lowest BCUT2D eigenvalue weighted by atomic mass is 10.1. The first kappa shape index (κ1) is 24.5. The number of ether oxygens (including phenoxy) is 1. The normalized spacial score (nSPS) is 12.2. The number of benzene rings is 2. The van der Waals surface area contributed by atoms with E-state index >= 15 is 0 Å². The van der Waals surface area contributed by atoms with Crippen LogP contribution in [-0.2, 0) is 16.1 Å². The predicted molar refractivity (Wildman–Crippen MR) is 124 cm³/mol. The standard InChI is InChI=1S/C22H25BrCl2N2O3/c1-14(21(29)26-22(2,3)4)27(12-15-6-5-7-16(23)10-15)20(28)13-30-19-9-8-17(24)11-18(19)25/h5-11,14H,12-13H2,1-4H3,(H,26,29)/t14-/m1/s1. The molecule has 1 N–H and O–H groups in total. The van der Waals surface area contributed by atoms with Gasteiger partial charge in [-0.15, -0.1) is 0 Å². The molecule has 0 unspecified atom stereocenters. The molecule has 2 aromatic rings. The number of hydrogen-bond acceptors (Lipinski definition) is 3. The van der Waals surface area contributed by atoms with Crippen molar-refractivity contribution in [2.75, 3.05) is 6.61 Å². The van der Waals surface area contributed by atoms with Crippen molar-refractivity contribution in [3.05, 3.63) is 62.5 Å². The highest BCUT2D eigenvalue weighted by Gasteiger charge is 2.28. The molecule has 0 radical (unpaired) electrons. The summed E-state index contributed by atoms with van der Waals surface area (Å²) in [6.07, 6.45) is 0. The van der Waals surface area contributed by atoms with Crippen molar-refractivity contribution >= 4 is 50.9 Å². The topological polar surface area (TPSA) is 58.6 Å². The van der Waals surface area contributed by atoms with Gasteiger partial charge in [0.15, 0.2) is 6.61 Å². The van der Waals surface area contributed by atoms with Gasteiger partial charge in [0.25, 0.3) is 5.91 Å². The van der Waals surface area contributed by atoms with E-state index in [1.807, 2.05) is 45.0 Å². The van der Waals surface area contributed by atoms with Gasteiger partial charge >= 0.3 is 0 Å². The van der Waals surface area contributed by atoms with E-state index in [-0.39, 0.29) is 25.0 Å². The van der Waals surface area contributed by atoms with Crippen LogP contribution in [0.1, 0.15) is 33.3 Å². The summed E-state index contributed by atoms with van der Waals surface area (Å²) in [5.41, 5.74) is 0.473. The van der Waals surface area contributed by atoms with Gasteiger partial charge in [0, 0.05) is 21.6 Å². The molecule has 0 saturated carbocycles. The van der Waals surface area contributed by atoms with Crippen LogP contribution in [0, 0.1) is 0 Å². The smallest absolute Gasteiger partial charge is 0.261 e. The molecule has 162 valence electrons. The fourth-order valence-electron chi connectivity index (χ4n) is 2.70. The summed E-state index contributed by atoms with van der Waals surface area (Å²) in [5.74, 6) is -0.225. The first-order valence-corrected chi connectivity index (χ1v) is 10.9. The molecule has 0 aromatic heterocycles. The van der Waals surface area contributed by atoms with E-state index in [0.29, 0.717) is 15.8 Å². The molecular weight excluding hydrogens is 491 g/mol. The lowest BCUT2D eigenvalue weighted by Crippen LogP contribution is -2.53. The average Bonchev–Trinajstić information content (AvgIpc) is 2.63. The molecule has 0 heterocycles. The van der Waals surface area contributed by atoms with Crippen LogP contribution in [0.5, 0.6) is 5.75 Å². The summed E-state index contributed by atoms with van der Waals surface area (Å²) in [6.45, 7) is 7.38. The summed E-state index contributed by atoms with van der Waals surface area (Å²) in [4.78, 5) is 27.3. The molecule has 0 aliphatic rings. The third kappa shape index (κ3) is 7.49. The SMILES string of the molecule is C[C@H](C(=O)NC(C)(C)C)N(Cc1cccc(Br)c1)C(=O)COc1ccc(Cl)cc1Cl. The van der Waals surface area contributed by atoms with Crippen LogP contribution < -0.4 is 10.1 Å². The first-order chi connectivity index (χ1) is 14.0. The third-order valence-electron chi connectivity index (χ3n) is 4.15. The number of hydrogen-bond donors (Lipinski definition) is 1. The quantitative estimate of drug-likeness (QED) is 0.532. The zero-order chi connectivity index (χ0) is 22.5. The monoisotopic (exact) mass is 514 g/mol. The van der Waals surface area contributed by atoms with Crippen LogP contribution in [0.2, 0.25) is 10.0 Å². The average molecular weight is 516 g/mol. The van der Waals surface area contributed by atoms with Gasteiger partial charge in [0.2, 0.25) is 5.91 Å². The third-order valence-corrected chi connectivity index (χ3v) is 5.18. The van der Waals surface area contributed by atoms with Crippen LogP contribution in [-0.4, -0.2) is 34.9 Å². The Balaban J connectivity index is 2.20. The van der Waals surface area contributed by atoms with Crippen LogP contribution >= 0.6 is 39.1 Å². The molecule has 0 aliphatic heterocycles. The molecule has 0 fully saturated rings. The number of rotatable bonds is 7. The zero-order valence-corrected chi connectivity index (χ0v) is 20.4. The highest BCUT2D eigenvalue weighted by molar-refractivity contribution is 9.10. The molecule has 0 bridgehead atoms. The van der Waals surface area contributed by atoms with Gasteiger partial charge in [-0.2, -0.15) is 0 Å². The fourth-order valence-corrected chi connectivity index (χ4v) is 3.61. The van der Waals surface area contributed by atoms with Crippen LogP contribution in [0.15, 0.2) is 46.9 Å². The molecule has 2 rings (SSSR count). The molecule has 1 atom stereocenters. The summed E-state index contributed by atoms with van der Waals surface area (Å²) in [5, 5.41) is 3.71. The van der Waals surface area contributed by atoms with E-state index in [2.05, 4.69) is 21.2 Å². The first-order valence-electron chi connectivity index (χ1n) is 9.40. The van der Waals surface area contributed by atoms with E-state index in [4.69, 9.17) is 27.9 Å². The molecule has 0 spiro atoms. The minimum atomic E-state index is -0.694. The van der Waals surface area contributed by atoms with Gasteiger partial charge in [-0.25, -0.2) is 0 Å². The van der Waals surface area contributed by atoms with Crippen molar-refractivity contribution < 1.29 is 14.3 Å². The van der Waals surface area contributed by atoms with Crippen molar-refractivity contribution in [3.8, 4) is 5.75 Å². The lowest BCUT2D eigenvalue weighted by Gasteiger charge is -2.31. The van der Waals surface area contributed by atoms with Gasteiger partial charge in [0.1, 0.15) is 11.8 Å². The van der Waals surface area contributed by atoms with E-state index in [9.17, 15) is 9.59 Å². The lowest BCUT2D eigenvalue weighted by molar-refractivity contribution is -0.142. The molecule has 2 aromatic carbocycles. The Morgan fingerprint density at radius 3 is 2.47 bits per heavy atom. The molecule has 30 heavy (non-hydrogen) atoms. The molecular formula is C22H25BrCl2N2O3. The number of nitrogens with one attached hydrogen (secondary N) is 1. The van der Waals surface area contributed by atoms with E-state index in [1.54, 1.807) is 25.1 Å². The fraction of sp³-hybridized carbons (Fsp3) is 0.364. The highest BCUT2D eigenvalue weighted by Crippen LogP contribution is 2.27. The summed E-state index contributed by atoms with van der Waals surface area (Å²) in [7, 11) is 0. The molecule has 0 aliphatic carbocycles. The number of halogens is 3. The highest BCUT2D eigenvalue weighted by atomic mass is 79.9. The maximum atomic E-state index is 13.0. The number of nitrogens with zero attached hydrogens (tertiary/aromatic N) is 1. The van der Waals surface area contributed by atoms with Crippen molar-refractivity contribution in [1.82, 2.24) is 10.2 Å². The zero-order valence-electron chi connectivity index (χ0n) is 17.3. The van der Waals surface area contributed by atoms with E-state index < -0.39 is 11.6 Å². The maximum Gasteiger partial charge on any atom is 0.261 e. The second-order valence-corrected chi connectivity index (χ2v) is 9.69. The Hall–Kier alpha value is -1.76. The Bertz CT molecular complexity index is 915. The van der Waals surface area contributed by atoms with Crippen LogP contribution in [0.25, 0.3) is 0 Å². The summed E-state index contributed by atoms with van der Waals surface area (Å²) < 4.78 is 6.50. The second-order valence-electron chi connectivity index (χ2n) is 7.93. The number of carbonyl (C=O) groups is 2. The van der Waals surface area contributed by atoms with Gasteiger partial charge in [-0.05, 0) is 63.6 Å². The Labute approximate surface area is 195 Å². The second kappa shape index (κ2) is 10.5. The Morgan fingerprint density at radius 2 is 1.87 bits per heavy atom. The molecule has 2 amide bonds. The van der Waals surface area contributed by atoms with Crippen molar-refractivity contribution in [1.29, 1.82) is 0 Å². The Kier molecular flexibility index (Phi) is 8.59. The van der Waals surface area contributed by atoms with E-state index in [0.717, 1.165) is 10.0 Å². The van der Waals surface area contributed by atoms with Gasteiger partial charge in [0.05, 0.1) is 5.02 Å². The molecule has 5 nitrogen and oxygen atoms in total. The number of carbonyl (C=O) groups excluding carboxylic acids is 2. The molecule has 8 heteroatoms. The minimum Gasteiger partial charge on any atom is -0.482 e. The van der Waals surface area contributed by atoms with Gasteiger partial charge in [-0.1, -0.05) is 51.3 Å². The van der Waals surface area contributed by atoms with Crippen LogP contribution in [0.3, 0.4) is 0 Å². The largest absolute Gasteiger partial charge is 0.482 e. The van der Waals surface area contributed by atoms with Crippen molar-refractivity contribution in [2.45, 2.75) is 45.8 Å². The summed E-state index contributed by atoms with van der Waals surface area (Å²) >= 11 is 15.5. The molecule has 0 saturated heterocycles. The number of amides is 2.